The van der Waals surface area contributed by atoms with Gasteiger partial charge in [-0.05, 0) is 44.4 Å². The zero-order valence-electron chi connectivity index (χ0n) is 10.5. The van der Waals surface area contributed by atoms with E-state index in [0.29, 0.717) is 0 Å². The van der Waals surface area contributed by atoms with Crippen molar-refractivity contribution in [2.75, 3.05) is 7.11 Å². The molecule has 0 aromatic heterocycles. The Morgan fingerprint density at radius 3 is 2.12 bits per heavy atom. The van der Waals surface area contributed by atoms with E-state index in [2.05, 4.69) is 5.32 Å². The molecule has 0 amide bonds. The SMILES string of the molecule is COC1(C2CCCCC2)CC2CCC(C1)N2. The van der Waals surface area contributed by atoms with Crippen LogP contribution in [0.5, 0.6) is 0 Å². The molecule has 1 N–H and O–H groups in total. The third-order valence-corrected chi connectivity index (χ3v) is 5.27. The number of ether oxygens (including phenoxy) is 1. The lowest BCUT2D eigenvalue weighted by molar-refractivity contribution is -0.0999. The summed E-state index contributed by atoms with van der Waals surface area (Å²) < 4.78 is 6.06. The summed E-state index contributed by atoms with van der Waals surface area (Å²) in [6.45, 7) is 0. The standard InChI is InChI=1S/C14H25NO/c1-16-14(11-5-3-2-4-6-11)9-12-7-8-13(10-14)15-12/h11-13,15H,2-10H2,1H3. The van der Waals surface area contributed by atoms with E-state index in [-0.39, 0.29) is 5.60 Å². The van der Waals surface area contributed by atoms with Crippen molar-refractivity contribution in [1.82, 2.24) is 5.32 Å². The van der Waals surface area contributed by atoms with Crippen molar-refractivity contribution in [3.8, 4) is 0 Å². The number of piperidine rings is 1. The maximum atomic E-state index is 6.06. The molecule has 2 saturated heterocycles. The number of rotatable bonds is 2. The van der Waals surface area contributed by atoms with E-state index in [1.54, 1.807) is 0 Å². The molecule has 3 fully saturated rings. The first-order valence-corrected chi connectivity index (χ1v) is 7.13. The minimum Gasteiger partial charge on any atom is -0.378 e. The quantitative estimate of drug-likeness (QED) is 0.777. The van der Waals surface area contributed by atoms with Gasteiger partial charge in [0.25, 0.3) is 0 Å². The van der Waals surface area contributed by atoms with E-state index in [1.807, 2.05) is 7.11 Å². The van der Waals surface area contributed by atoms with Crippen molar-refractivity contribution in [3.05, 3.63) is 0 Å². The van der Waals surface area contributed by atoms with Crippen LogP contribution < -0.4 is 5.32 Å². The third-order valence-electron chi connectivity index (χ3n) is 5.27. The van der Waals surface area contributed by atoms with Crippen LogP contribution in [-0.2, 0) is 4.74 Å². The molecular formula is C14H25NO. The summed E-state index contributed by atoms with van der Waals surface area (Å²) in [5, 5.41) is 3.74. The first-order chi connectivity index (χ1) is 7.82. The lowest BCUT2D eigenvalue weighted by Gasteiger charge is -2.47. The van der Waals surface area contributed by atoms with Crippen molar-refractivity contribution in [2.24, 2.45) is 5.92 Å². The van der Waals surface area contributed by atoms with Gasteiger partial charge in [0.15, 0.2) is 0 Å². The Balaban J connectivity index is 1.76. The fourth-order valence-electron chi connectivity index (χ4n) is 4.44. The normalized spacial score (nSPS) is 44.8. The lowest BCUT2D eigenvalue weighted by atomic mass is 9.70. The molecule has 1 saturated carbocycles. The molecule has 2 bridgehead atoms. The van der Waals surface area contributed by atoms with E-state index in [1.165, 1.54) is 57.8 Å². The van der Waals surface area contributed by atoms with Gasteiger partial charge in [-0.25, -0.2) is 0 Å². The summed E-state index contributed by atoms with van der Waals surface area (Å²) >= 11 is 0. The smallest absolute Gasteiger partial charge is 0.0736 e. The molecule has 2 aliphatic heterocycles. The van der Waals surface area contributed by atoms with Crippen LogP contribution in [0, 0.1) is 5.92 Å². The third kappa shape index (κ3) is 1.80. The van der Waals surface area contributed by atoms with Gasteiger partial charge in [0, 0.05) is 19.2 Å². The van der Waals surface area contributed by atoms with Crippen molar-refractivity contribution >= 4 is 0 Å². The minimum absolute atomic E-state index is 0.234. The van der Waals surface area contributed by atoms with Crippen LogP contribution in [0.3, 0.4) is 0 Å². The van der Waals surface area contributed by atoms with Gasteiger partial charge in [0.05, 0.1) is 5.60 Å². The summed E-state index contributed by atoms with van der Waals surface area (Å²) in [6, 6.07) is 1.50. The van der Waals surface area contributed by atoms with Crippen LogP contribution in [0.2, 0.25) is 0 Å². The predicted octanol–water partition coefficient (Wildman–Crippen LogP) is 2.87. The Bertz CT molecular complexity index is 235. The first-order valence-electron chi connectivity index (χ1n) is 7.13. The lowest BCUT2D eigenvalue weighted by Crippen LogP contribution is -2.53. The van der Waals surface area contributed by atoms with Crippen LogP contribution in [0.25, 0.3) is 0 Å². The zero-order chi connectivity index (χ0) is 11.0. The average Bonchev–Trinajstić information content (AvgIpc) is 2.70. The Hall–Kier alpha value is -0.0800. The van der Waals surface area contributed by atoms with Gasteiger partial charge in [-0.1, -0.05) is 19.3 Å². The molecule has 2 nitrogen and oxygen atoms in total. The summed E-state index contributed by atoms with van der Waals surface area (Å²) in [7, 11) is 1.96. The maximum absolute atomic E-state index is 6.06. The number of hydrogen-bond donors (Lipinski definition) is 1. The van der Waals surface area contributed by atoms with Crippen LogP contribution in [0.1, 0.15) is 57.8 Å². The molecular weight excluding hydrogens is 198 g/mol. The Morgan fingerprint density at radius 2 is 1.56 bits per heavy atom. The van der Waals surface area contributed by atoms with Crippen LogP contribution >= 0.6 is 0 Å². The molecule has 16 heavy (non-hydrogen) atoms. The summed E-state index contributed by atoms with van der Waals surface area (Å²) in [4.78, 5) is 0. The van der Waals surface area contributed by atoms with Gasteiger partial charge >= 0.3 is 0 Å². The molecule has 2 heteroatoms. The number of nitrogens with one attached hydrogen (secondary N) is 1. The zero-order valence-corrected chi connectivity index (χ0v) is 10.5. The second-order valence-electron chi connectivity index (χ2n) is 6.15. The van der Waals surface area contributed by atoms with Crippen molar-refractivity contribution in [2.45, 2.75) is 75.5 Å². The molecule has 2 atom stereocenters. The Labute approximate surface area is 99.1 Å². The van der Waals surface area contributed by atoms with E-state index < -0.39 is 0 Å². The van der Waals surface area contributed by atoms with Gasteiger partial charge in [0.1, 0.15) is 0 Å². The Morgan fingerprint density at radius 1 is 0.938 bits per heavy atom. The highest BCUT2D eigenvalue weighted by molar-refractivity contribution is 5.04. The Kier molecular flexibility index (Phi) is 2.97. The number of fused-ring (bicyclic) bond motifs is 2. The average molecular weight is 223 g/mol. The maximum Gasteiger partial charge on any atom is 0.0736 e. The summed E-state index contributed by atoms with van der Waals surface area (Å²) in [6.07, 6.45) is 12.4. The monoisotopic (exact) mass is 223 g/mol. The van der Waals surface area contributed by atoms with Crippen molar-refractivity contribution in [3.63, 3.8) is 0 Å². The molecule has 0 spiro atoms. The van der Waals surface area contributed by atoms with Gasteiger partial charge in [0.2, 0.25) is 0 Å². The molecule has 0 aromatic rings. The van der Waals surface area contributed by atoms with E-state index in [9.17, 15) is 0 Å². The second-order valence-corrected chi connectivity index (χ2v) is 6.15. The second kappa shape index (κ2) is 4.30. The largest absolute Gasteiger partial charge is 0.378 e. The van der Waals surface area contributed by atoms with Gasteiger partial charge in [-0.15, -0.1) is 0 Å². The molecule has 3 aliphatic rings. The van der Waals surface area contributed by atoms with Crippen molar-refractivity contribution < 1.29 is 4.74 Å². The number of hydrogen-bond acceptors (Lipinski definition) is 2. The van der Waals surface area contributed by atoms with Crippen molar-refractivity contribution in [1.29, 1.82) is 0 Å². The van der Waals surface area contributed by atoms with Gasteiger partial charge < -0.3 is 10.1 Å². The van der Waals surface area contributed by atoms with E-state index >= 15 is 0 Å². The van der Waals surface area contributed by atoms with Crippen LogP contribution in [-0.4, -0.2) is 24.8 Å². The highest BCUT2D eigenvalue weighted by Gasteiger charge is 2.48. The molecule has 1 aliphatic carbocycles. The van der Waals surface area contributed by atoms with Gasteiger partial charge in [-0.3, -0.25) is 0 Å². The molecule has 3 rings (SSSR count). The molecule has 0 aromatic carbocycles. The van der Waals surface area contributed by atoms with E-state index in [4.69, 9.17) is 4.74 Å². The topological polar surface area (TPSA) is 21.3 Å². The van der Waals surface area contributed by atoms with E-state index in [0.717, 1.165) is 18.0 Å². The summed E-state index contributed by atoms with van der Waals surface area (Å²) in [5.41, 5.74) is 0.234. The fraction of sp³-hybridized carbons (Fsp3) is 1.00. The molecule has 92 valence electrons. The predicted molar refractivity (Wildman–Crippen MR) is 65.5 cm³/mol. The number of methoxy groups -OCH3 is 1. The highest BCUT2D eigenvalue weighted by Crippen LogP contribution is 2.45. The molecule has 2 unspecified atom stereocenters. The first kappa shape index (κ1) is 11.0. The fourth-order valence-corrected chi connectivity index (χ4v) is 4.44. The van der Waals surface area contributed by atoms with Crippen LogP contribution in [0.4, 0.5) is 0 Å². The van der Waals surface area contributed by atoms with Crippen LogP contribution in [0.15, 0.2) is 0 Å². The summed E-state index contributed by atoms with van der Waals surface area (Å²) in [5.74, 6) is 0.844. The molecule has 0 radical (unpaired) electrons. The van der Waals surface area contributed by atoms with Gasteiger partial charge in [-0.2, -0.15) is 0 Å². The highest BCUT2D eigenvalue weighted by atomic mass is 16.5. The minimum atomic E-state index is 0.234. The molecule has 2 heterocycles.